The molecular formula is C6H12ClNO. The molecule has 0 spiro atoms. The van der Waals surface area contributed by atoms with Gasteiger partial charge in [0.2, 0.25) is 5.91 Å². The SMILES string of the molecule is CC(=O)NC(C)(C)CCl. The average molecular weight is 150 g/mol. The molecule has 1 N–H and O–H groups in total. The van der Waals surface area contributed by atoms with Gasteiger partial charge in [0.25, 0.3) is 0 Å². The topological polar surface area (TPSA) is 29.1 Å². The van der Waals surface area contributed by atoms with Gasteiger partial charge in [0.1, 0.15) is 0 Å². The summed E-state index contributed by atoms with van der Waals surface area (Å²) in [6.45, 7) is 5.23. The van der Waals surface area contributed by atoms with Gasteiger partial charge >= 0.3 is 0 Å². The van der Waals surface area contributed by atoms with Crippen molar-refractivity contribution in [3.63, 3.8) is 0 Å². The summed E-state index contributed by atoms with van der Waals surface area (Å²) in [5, 5.41) is 2.70. The molecule has 3 heteroatoms. The van der Waals surface area contributed by atoms with Crippen molar-refractivity contribution in [1.82, 2.24) is 5.32 Å². The van der Waals surface area contributed by atoms with E-state index >= 15 is 0 Å². The minimum Gasteiger partial charge on any atom is -0.350 e. The molecule has 0 rings (SSSR count). The Bertz CT molecular complexity index is 112. The van der Waals surface area contributed by atoms with E-state index in [1.807, 2.05) is 13.8 Å². The van der Waals surface area contributed by atoms with Crippen molar-refractivity contribution in [2.45, 2.75) is 26.3 Å². The van der Waals surface area contributed by atoms with Gasteiger partial charge in [-0.25, -0.2) is 0 Å². The maximum atomic E-state index is 10.4. The molecule has 2 nitrogen and oxygen atoms in total. The van der Waals surface area contributed by atoms with Crippen LogP contribution < -0.4 is 5.32 Å². The fraction of sp³-hybridized carbons (Fsp3) is 0.833. The number of hydrogen-bond acceptors (Lipinski definition) is 1. The van der Waals surface area contributed by atoms with Crippen LogP contribution in [0.5, 0.6) is 0 Å². The molecular weight excluding hydrogens is 138 g/mol. The lowest BCUT2D eigenvalue weighted by Gasteiger charge is -2.21. The lowest BCUT2D eigenvalue weighted by atomic mass is 10.1. The third kappa shape index (κ3) is 4.28. The second kappa shape index (κ2) is 3.06. The summed E-state index contributed by atoms with van der Waals surface area (Å²) in [4.78, 5) is 10.4. The fourth-order valence-electron chi connectivity index (χ4n) is 0.510. The Morgan fingerprint density at radius 2 is 2.11 bits per heavy atom. The first-order chi connectivity index (χ1) is 3.98. The quantitative estimate of drug-likeness (QED) is 0.587. The maximum Gasteiger partial charge on any atom is 0.217 e. The van der Waals surface area contributed by atoms with E-state index in [1.54, 1.807) is 0 Å². The number of nitrogens with one attached hydrogen (secondary N) is 1. The van der Waals surface area contributed by atoms with Gasteiger partial charge in [0, 0.05) is 18.3 Å². The van der Waals surface area contributed by atoms with Gasteiger partial charge in [-0.15, -0.1) is 11.6 Å². The first-order valence-electron chi connectivity index (χ1n) is 2.82. The van der Waals surface area contributed by atoms with Gasteiger partial charge in [-0.05, 0) is 13.8 Å². The van der Waals surface area contributed by atoms with Crippen molar-refractivity contribution in [2.75, 3.05) is 5.88 Å². The Hall–Kier alpha value is -0.240. The van der Waals surface area contributed by atoms with Crippen LogP contribution >= 0.6 is 11.6 Å². The molecule has 0 aromatic heterocycles. The van der Waals surface area contributed by atoms with E-state index in [1.165, 1.54) is 6.92 Å². The lowest BCUT2D eigenvalue weighted by Crippen LogP contribution is -2.43. The number of carbonyl (C=O) groups is 1. The zero-order valence-electron chi connectivity index (χ0n) is 5.99. The van der Waals surface area contributed by atoms with Crippen LogP contribution in [0.1, 0.15) is 20.8 Å². The number of amides is 1. The van der Waals surface area contributed by atoms with E-state index in [0.717, 1.165) is 0 Å². The van der Waals surface area contributed by atoms with Crippen LogP contribution in [0.3, 0.4) is 0 Å². The zero-order chi connectivity index (χ0) is 7.49. The predicted molar refractivity (Wildman–Crippen MR) is 38.6 cm³/mol. The highest BCUT2D eigenvalue weighted by Crippen LogP contribution is 2.02. The summed E-state index contributed by atoms with van der Waals surface area (Å²) in [6.07, 6.45) is 0. The molecule has 0 heterocycles. The van der Waals surface area contributed by atoms with Gasteiger partial charge in [-0.2, -0.15) is 0 Å². The van der Waals surface area contributed by atoms with E-state index in [4.69, 9.17) is 11.6 Å². The first kappa shape index (κ1) is 8.76. The molecule has 1 amide bonds. The minimum atomic E-state index is -0.270. The number of hydrogen-bond donors (Lipinski definition) is 1. The summed E-state index contributed by atoms with van der Waals surface area (Å²) in [5.74, 6) is 0.396. The largest absolute Gasteiger partial charge is 0.350 e. The minimum absolute atomic E-state index is 0.0411. The summed E-state index contributed by atoms with van der Waals surface area (Å²) in [5.41, 5.74) is -0.270. The van der Waals surface area contributed by atoms with Crippen LogP contribution in [0, 0.1) is 0 Å². The summed E-state index contributed by atoms with van der Waals surface area (Å²) < 4.78 is 0. The van der Waals surface area contributed by atoms with Crippen molar-refractivity contribution >= 4 is 17.5 Å². The lowest BCUT2D eigenvalue weighted by molar-refractivity contribution is -0.120. The Labute approximate surface area is 60.6 Å². The molecule has 0 bridgehead atoms. The van der Waals surface area contributed by atoms with Crippen LogP contribution in [0.4, 0.5) is 0 Å². The summed E-state index contributed by atoms with van der Waals surface area (Å²) in [7, 11) is 0. The highest BCUT2D eigenvalue weighted by atomic mass is 35.5. The van der Waals surface area contributed by atoms with Crippen LogP contribution in [0.2, 0.25) is 0 Å². The van der Waals surface area contributed by atoms with Crippen LogP contribution in [0.25, 0.3) is 0 Å². The van der Waals surface area contributed by atoms with Crippen LogP contribution in [0.15, 0.2) is 0 Å². The second-order valence-electron chi connectivity index (χ2n) is 2.70. The molecule has 0 atom stereocenters. The molecule has 0 unspecified atom stereocenters. The number of alkyl halides is 1. The van der Waals surface area contributed by atoms with Crippen LogP contribution in [-0.4, -0.2) is 17.3 Å². The van der Waals surface area contributed by atoms with Gasteiger partial charge in [-0.1, -0.05) is 0 Å². The van der Waals surface area contributed by atoms with E-state index in [0.29, 0.717) is 5.88 Å². The van der Waals surface area contributed by atoms with Gasteiger partial charge in [0.05, 0.1) is 0 Å². The smallest absolute Gasteiger partial charge is 0.217 e. The van der Waals surface area contributed by atoms with Gasteiger partial charge < -0.3 is 5.32 Å². The van der Waals surface area contributed by atoms with Crippen molar-refractivity contribution in [1.29, 1.82) is 0 Å². The predicted octanol–water partition coefficient (Wildman–Crippen LogP) is 1.14. The first-order valence-corrected chi connectivity index (χ1v) is 3.36. The van der Waals surface area contributed by atoms with Gasteiger partial charge in [-0.3, -0.25) is 4.79 Å². The molecule has 0 saturated heterocycles. The van der Waals surface area contributed by atoms with Gasteiger partial charge in [0.15, 0.2) is 0 Å². The third-order valence-corrected chi connectivity index (χ3v) is 1.52. The highest BCUT2D eigenvalue weighted by molar-refractivity contribution is 6.18. The van der Waals surface area contributed by atoms with Crippen molar-refractivity contribution < 1.29 is 4.79 Å². The summed E-state index contributed by atoms with van der Waals surface area (Å²) >= 11 is 5.52. The molecule has 0 fully saturated rings. The van der Waals surface area contributed by atoms with E-state index in [2.05, 4.69) is 5.32 Å². The third-order valence-electron chi connectivity index (χ3n) is 0.848. The Kier molecular flexibility index (Phi) is 2.98. The van der Waals surface area contributed by atoms with E-state index in [9.17, 15) is 4.79 Å². The highest BCUT2D eigenvalue weighted by Gasteiger charge is 2.15. The maximum absolute atomic E-state index is 10.4. The van der Waals surface area contributed by atoms with E-state index < -0.39 is 0 Å². The van der Waals surface area contributed by atoms with Crippen molar-refractivity contribution in [2.24, 2.45) is 0 Å². The standard InChI is InChI=1S/C6H12ClNO/c1-5(9)8-6(2,3)4-7/h4H2,1-3H3,(H,8,9). The monoisotopic (exact) mass is 149 g/mol. The fourth-order valence-corrected chi connectivity index (χ4v) is 0.577. The van der Waals surface area contributed by atoms with Crippen molar-refractivity contribution in [3.05, 3.63) is 0 Å². The molecule has 0 aliphatic carbocycles. The number of halogens is 1. The zero-order valence-corrected chi connectivity index (χ0v) is 6.75. The Balaban J connectivity index is 3.71. The molecule has 0 radical (unpaired) electrons. The van der Waals surface area contributed by atoms with Crippen molar-refractivity contribution in [3.8, 4) is 0 Å². The normalized spacial score (nSPS) is 11.1. The number of carbonyl (C=O) groups excluding carboxylic acids is 1. The molecule has 0 aromatic rings. The summed E-state index contributed by atoms with van der Waals surface area (Å²) in [6, 6.07) is 0. The molecule has 0 aliphatic rings. The molecule has 0 aliphatic heterocycles. The van der Waals surface area contributed by atoms with E-state index in [-0.39, 0.29) is 11.4 Å². The van der Waals surface area contributed by atoms with Crippen LogP contribution in [-0.2, 0) is 4.79 Å². The second-order valence-corrected chi connectivity index (χ2v) is 2.97. The molecule has 54 valence electrons. The molecule has 9 heavy (non-hydrogen) atoms. The Morgan fingerprint density at radius 3 is 2.22 bits per heavy atom. The average Bonchev–Trinajstić information content (AvgIpc) is 1.63. The molecule has 0 saturated carbocycles. The number of rotatable bonds is 2. The Morgan fingerprint density at radius 1 is 1.67 bits per heavy atom. The molecule has 0 aromatic carbocycles.